The van der Waals surface area contributed by atoms with E-state index in [2.05, 4.69) is 0 Å². The quantitative estimate of drug-likeness (QED) is 0.670. The molecule has 0 bridgehead atoms. The minimum Gasteiger partial charge on any atom is -0.387 e. The summed E-state index contributed by atoms with van der Waals surface area (Å²) in [4.78, 5) is 0. The molecular formula is C10H18O2. The minimum atomic E-state index is -0.853. The Morgan fingerprint density at radius 1 is 0.833 bits per heavy atom. The second kappa shape index (κ2) is 2.24. The maximum Gasteiger partial charge on any atom is 0.0933 e. The van der Waals surface area contributed by atoms with Gasteiger partial charge in [0.15, 0.2) is 0 Å². The van der Waals surface area contributed by atoms with Crippen LogP contribution in [0.4, 0.5) is 0 Å². The number of hydrogen-bond donors (Lipinski definition) is 2. The third-order valence-corrected chi connectivity index (χ3v) is 3.77. The highest BCUT2D eigenvalue weighted by atomic mass is 16.4. The van der Waals surface area contributed by atoms with Gasteiger partial charge >= 0.3 is 0 Å². The van der Waals surface area contributed by atoms with Crippen LogP contribution in [0.5, 0.6) is 0 Å². The van der Waals surface area contributed by atoms with Crippen molar-refractivity contribution in [1.82, 2.24) is 0 Å². The molecule has 2 rings (SSSR count). The van der Waals surface area contributed by atoms with Crippen molar-refractivity contribution in [2.45, 2.75) is 50.7 Å². The van der Waals surface area contributed by atoms with Crippen LogP contribution in [0.2, 0.25) is 0 Å². The summed E-state index contributed by atoms with van der Waals surface area (Å²) in [6, 6.07) is 0. The van der Waals surface area contributed by atoms with Gasteiger partial charge in [-0.25, -0.2) is 0 Å². The largest absolute Gasteiger partial charge is 0.387 e. The van der Waals surface area contributed by atoms with Gasteiger partial charge in [-0.3, -0.25) is 0 Å². The van der Waals surface area contributed by atoms with Gasteiger partial charge in [0.1, 0.15) is 0 Å². The van der Waals surface area contributed by atoms with Gasteiger partial charge in [0.25, 0.3) is 0 Å². The molecule has 0 aromatic rings. The van der Waals surface area contributed by atoms with Crippen molar-refractivity contribution in [2.75, 3.05) is 0 Å². The highest BCUT2D eigenvalue weighted by Crippen LogP contribution is 2.52. The summed E-state index contributed by atoms with van der Waals surface area (Å²) in [5.74, 6) is 0.682. The molecule has 0 radical (unpaired) electrons. The van der Waals surface area contributed by atoms with Crippen molar-refractivity contribution < 1.29 is 10.2 Å². The molecule has 2 fully saturated rings. The van der Waals surface area contributed by atoms with Crippen molar-refractivity contribution in [1.29, 1.82) is 0 Å². The van der Waals surface area contributed by atoms with E-state index in [0.717, 1.165) is 25.7 Å². The molecule has 2 saturated carbocycles. The van der Waals surface area contributed by atoms with Crippen molar-refractivity contribution >= 4 is 0 Å². The Kier molecular flexibility index (Phi) is 1.59. The third kappa shape index (κ3) is 1.09. The zero-order chi connectivity index (χ0) is 8.98. The van der Waals surface area contributed by atoms with Crippen LogP contribution in [-0.2, 0) is 0 Å². The van der Waals surface area contributed by atoms with E-state index in [-0.39, 0.29) is 0 Å². The summed E-state index contributed by atoms with van der Waals surface area (Å²) in [6.07, 6.45) is 4.32. The minimum absolute atomic E-state index is 0.341. The van der Waals surface area contributed by atoms with Crippen LogP contribution >= 0.6 is 0 Å². The molecule has 0 spiro atoms. The molecule has 2 aliphatic carbocycles. The summed E-state index contributed by atoms with van der Waals surface area (Å²) in [5, 5.41) is 20.3. The van der Waals surface area contributed by atoms with Gasteiger partial charge in [-0.2, -0.15) is 0 Å². The van der Waals surface area contributed by atoms with Gasteiger partial charge in [0, 0.05) is 0 Å². The predicted molar refractivity (Wildman–Crippen MR) is 46.7 cm³/mol. The Balaban J connectivity index is 2.13. The molecule has 0 aromatic carbocycles. The molecule has 0 aromatic heterocycles. The van der Waals surface area contributed by atoms with E-state index >= 15 is 0 Å². The van der Waals surface area contributed by atoms with Crippen LogP contribution in [-0.4, -0.2) is 21.4 Å². The van der Waals surface area contributed by atoms with Gasteiger partial charge < -0.3 is 10.2 Å². The molecule has 2 N–H and O–H groups in total. The SMILES string of the molecule is CC(O)(C1CC1)C(C)(O)C1CC1. The number of aliphatic hydroxyl groups is 2. The lowest BCUT2D eigenvalue weighted by atomic mass is 9.78. The molecule has 70 valence electrons. The molecule has 2 aliphatic rings. The summed E-state index contributed by atoms with van der Waals surface area (Å²) in [7, 11) is 0. The van der Waals surface area contributed by atoms with Crippen LogP contribution in [0.25, 0.3) is 0 Å². The Morgan fingerprint density at radius 2 is 1.08 bits per heavy atom. The van der Waals surface area contributed by atoms with Crippen molar-refractivity contribution in [3.63, 3.8) is 0 Å². The van der Waals surface area contributed by atoms with E-state index < -0.39 is 11.2 Å². The van der Waals surface area contributed by atoms with Gasteiger partial charge in [-0.05, 0) is 51.4 Å². The Labute approximate surface area is 73.6 Å². The van der Waals surface area contributed by atoms with Crippen molar-refractivity contribution in [3.05, 3.63) is 0 Å². The number of hydrogen-bond acceptors (Lipinski definition) is 2. The van der Waals surface area contributed by atoms with E-state index in [1.807, 2.05) is 0 Å². The lowest BCUT2D eigenvalue weighted by molar-refractivity contribution is -0.155. The fraction of sp³-hybridized carbons (Fsp3) is 1.00. The first-order valence-electron chi connectivity index (χ1n) is 4.91. The average Bonchev–Trinajstić information content (AvgIpc) is 2.82. The Bertz CT molecular complexity index is 166. The normalized spacial score (nSPS) is 34.0. The van der Waals surface area contributed by atoms with Gasteiger partial charge in [-0.15, -0.1) is 0 Å². The highest BCUT2D eigenvalue weighted by Gasteiger charge is 2.57. The second-order valence-corrected chi connectivity index (χ2v) is 4.84. The molecule has 2 nitrogen and oxygen atoms in total. The third-order valence-electron chi connectivity index (χ3n) is 3.77. The first-order chi connectivity index (χ1) is 5.46. The molecule has 0 aliphatic heterocycles. The Hall–Kier alpha value is -0.0800. The zero-order valence-corrected chi connectivity index (χ0v) is 7.88. The highest BCUT2D eigenvalue weighted by molar-refractivity contribution is 5.09. The molecule has 2 heteroatoms. The summed E-state index contributed by atoms with van der Waals surface area (Å²) in [5.41, 5.74) is -1.71. The predicted octanol–water partition coefficient (Wildman–Crippen LogP) is 1.31. The van der Waals surface area contributed by atoms with E-state index in [1.54, 1.807) is 13.8 Å². The fourth-order valence-corrected chi connectivity index (χ4v) is 2.12. The fourth-order valence-electron chi connectivity index (χ4n) is 2.12. The molecule has 0 heterocycles. The van der Waals surface area contributed by atoms with Crippen molar-refractivity contribution in [2.24, 2.45) is 11.8 Å². The second-order valence-electron chi connectivity index (χ2n) is 4.84. The van der Waals surface area contributed by atoms with Gasteiger partial charge in [-0.1, -0.05) is 0 Å². The van der Waals surface area contributed by atoms with Crippen LogP contribution in [0, 0.1) is 11.8 Å². The number of rotatable bonds is 3. The first-order valence-corrected chi connectivity index (χ1v) is 4.91. The van der Waals surface area contributed by atoms with Crippen LogP contribution in [0.3, 0.4) is 0 Å². The van der Waals surface area contributed by atoms with Crippen LogP contribution < -0.4 is 0 Å². The molecule has 0 saturated heterocycles. The van der Waals surface area contributed by atoms with Gasteiger partial charge in [0.2, 0.25) is 0 Å². The maximum absolute atomic E-state index is 10.1. The maximum atomic E-state index is 10.1. The first kappa shape index (κ1) is 8.52. The van der Waals surface area contributed by atoms with E-state index in [9.17, 15) is 10.2 Å². The standard InChI is InChI=1S/C10H18O2/c1-9(11,7-3-4-7)10(2,12)8-5-6-8/h7-8,11-12H,3-6H2,1-2H3. The van der Waals surface area contributed by atoms with E-state index in [4.69, 9.17) is 0 Å². The smallest absolute Gasteiger partial charge is 0.0933 e. The van der Waals surface area contributed by atoms with Crippen LogP contribution in [0.1, 0.15) is 39.5 Å². The molecule has 2 unspecified atom stereocenters. The lowest BCUT2D eigenvalue weighted by Crippen LogP contribution is -2.53. The molecule has 12 heavy (non-hydrogen) atoms. The molecule has 0 amide bonds. The topological polar surface area (TPSA) is 40.5 Å². The van der Waals surface area contributed by atoms with Crippen molar-refractivity contribution in [3.8, 4) is 0 Å². The average molecular weight is 170 g/mol. The molecule has 2 atom stereocenters. The Morgan fingerprint density at radius 3 is 1.25 bits per heavy atom. The summed E-state index contributed by atoms with van der Waals surface area (Å²) < 4.78 is 0. The lowest BCUT2D eigenvalue weighted by Gasteiger charge is -2.39. The van der Waals surface area contributed by atoms with Crippen LogP contribution in [0.15, 0.2) is 0 Å². The van der Waals surface area contributed by atoms with E-state index in [0.29, 0.717) is 11.8 Å². The monoisotopic (exact) mass is 170 g/mol. The van der Waals surface area contributed by atoms with E-state index in [1.165, 1.54) is 0 Å². The molecular weight excluding hydrogens is 152 g/mol. The summed E-state index contributed by atoms with van der Waals surface area (Å²) in [6.45, 7) is 3.59. The van der Waals surface area contributed by atoms with Gasteiger partial charge in [0.05, 0.1) is 11.2 Å². The summed E-state index contributed by atoms with van der Waals surface area (Å²) >= 11 is 0. The zero-order valence-electron chi connectivity index (χ0n) is 7.88.